The molecule has 138 valence electrons. The summed E-state index contributed by atoms with van der Waals surface area (Å²) in [6, 6.07) is 20.5. The molecule has 27 heavy (non-hydrogen) atoms. The number of carbonyl (C=O) groups is 1. The molecule has 4 nitrogen and oxygen atoms in total. The number of hydrogen-bond donors (Lipinski definition) is 2. The van der Waals surface area contributed by atoms with Crippen LogP contribution in [0.5, 0.6) is 5.75 Å². The van der Waals surface area contributed by atoms with E-state index in [1.54, 1.807) is 18.2 Å². The third-order valence-electron chi connectivity index (χ3n) is 4.22. The summed E-state index contributed by atoms with van der Waals surface area (Å²) in [4.78, 5) is 11.1. The van der Waals surface area contributed by atoms with Gasteiger partial charge in [0.2, 0.25) is 0 Å². The Morgan fingerprint density at radius 1 is 1.07 bits per heavy atom. The molecule has 0 aromatic heterocycles. The second kappa shape index (κ2) is 8.60. The lowest BCUT2D eigenvalue weighted by atomic mass is 10.1. The molecular weight excluding hydrogens is 362 g/mol. The van der Waals surface area contributed by atoms with Gasteiger partial charge < -0.3 is 15.2 Å². The molecule has 3 rings (SSSR count). The summed E-state index contributed by atoms with van der Waals surface area (Å²) in [5, 5.41) is 13.1. The van der Waals surface area contributed by atoms with Gasteiger partial charge >= 0.3 is 5.97 Å². The third kappa shape index (κ3) is 5.02. The van der Waals surface area contributed by atoms with Gasteiger partial charge in [0.1, 0.15) is 12.4 Å². The molecule has 0 radical (unpaired) electrons. The van der Waals surface area contributed by atoms with Crippen LogP contribution in [0.4, 0.5) is 5.69 Å². The van der Waals surface area contributed by atoms with E-state index in [2.05, 4.69) is 5.32 Å². The number of anilines is 1. The monoisotopic (exact) mass is 381 g/mol. The minimum Gasteiger partial charge on any atom is -0.489 e. The average molecular weight is 382 g/mol. The van der Waals surface area contributed by atoms with Crippen LogP contribution in [0.3, 0.4) is 0 Å². The minimum atomic E-state index is -0.925. The minimum absolute atomic E-state index is 0.282. The van der Waals surface area contributed by atoms with Crippen molar-refractivity contribution in [2.24, 2.45) is 0 Å². The number of aryl methyl sites for hydroxylation is 1. The molecule has 0 aliphatic carbocycles. The number of para-hydroxylation sites is 1. The first-order chi connectivity index (χ1) is 13.0. The molecule has 0 unspecified atom stereocenters. The smallest absolute Gasteiger partial charge is 0.335 e. The lowest BCUT2D eigenvalue weighted by Gasteiger charge is -2.14. The van der Waals surface area contributed by atoms with E-state index in [9.17, 15) is 4.79 Å². The molecule has 0 fully saturated rings. The first kappa shape index (κ1) is 18.8. The van der Waals surface area contributed by atoms with Crippen LogP contribution in [-0.4, -0.2) is 11.1 Å². The van der Waals surface area contributed by atoms with Gasteiger partial charge in [-0.05, 0) is 54.4 Å². The largest absolute Gasteiger partial charge is 0.489 e. The van der Waals surface area contributed by atoms with Crippen molar-refractivity contribution in [1.29, 1.82) is 0 Å². The highest BCUT2D eigenvalue weighted by atomic mass is 35.5. The Labute approximate surface area is 163 Å². The standard InChI is InChI=1S/C22H20ClNO3/c1-15-12-17(22(25)26)8-11-20(15)24-13-18-4-2-3-5-21(18)27-14-16-6-9-19(23)10-7-16/h2-12,24H,13-14H2,1H3,(H,25,26). The van der Waals surface area contributed by atoms with E-state index in [-0.39, 0.29) is 5.56 Å². The Hall–Kier alpha value is -2.98. The molecule has 0 amide bonds. The summed E-state index contributed by atoms with van der Waals surface area (Å²) < 4.78 is 5.97. The Morgan fingerprint density at radius 3 is 2.52 bits per heavy atom. The summed E-state index contributed by atoms with van der Waals surface area (Å²) in [5.41, 5.74) is 4.13. The maximum absolute atomic E-state index is 11.1. The predicted octanol–water partition coefficient (Wildman–Crippen LogP) is 5.54. The Bertz CT molecular complexity index is 939. The third-order valence-corrected chi connectivity index (χ3v) is 4.47. The molecule has 0 spiro atoms. The first-order valence-electron chi connectivity index (χ1n) is 8.56. The highest BCUT2D eigenvalue weighted by Crippen LogP contribution is 2.23. The maximum atomic E-state index is 11.1. The van der Waals surface area contributed by atoms with E-state index < -0.39 is 5.97 Å². The molecule has 0 saturated carbocycles. The van der Waals surface area contributed by atoms with Crippen LogP contribution in [0, 0.1) is 6.92 Å². The van der Waals surface area contributed by atoms with Gasteiger partial charge in [-0.3, -0.25) is 0 Å². The average Bonchev–Trinajstić information content (AvgIpc) is 2.67. The number of benzene rings is 3. The number of halogens is 1. The van der Waals surface area contributed by atoms with Crippen molar-refractivity contribution in [2.45, 2.75) is 20.1 Å². The number of hydrogen-bond acceptors (Lipinski definition) is 3. The summed E-state index contributed by atoms with van der Waals surface area (Å²) in [6.45, 7) is 2.92. The van der Waals surface area contributed by atoms with Crippen LogP contribution >= 0.6 is 11.6 Å². The van der Waals surface area contributed by atoms with Crippen molar-refractivity contribution in [3.8, 4) is 5.75 Å². The van der Waals surface area contributed by atoms with Crippen LogP contribution in [-0.2, 0) is 13.2 Å². The molecule has 0 atom stereocenters. The molecule has 0 aliphatic heterocycles. The van der Waals surface area contributed by atoms with Gasteiger partial charge in [-0.15, -0.1) is 0 Å². The second-order valence-electron chi connectivity index (χ2n) is 6.21. The summed E-state index contributed by atoms with van der Waals surface area (Å²) in [7, 11) is 0. The fourth-order valence-electron chi connectivity index (χ4n) is 2.72. The molecule has 0 heterocycles. The topological polar surface area (TPSA) is 58.6 Å². The number of nitrogens with one attached hydrogen (secondary N) is 1. The molecular formula is C22H20ClNO3. The normalized spacial score (nSPS) is 10.4. The van der Waals surface area contributed by atoms with Gasteiger partial charge in [0, 0.05) is 22.8 Å². The maximum Gasteiger partial charge on any atom is 0.335 e. The van der Waals surface area contributed by atoms with Crippen molar-refractivity contribution in [1.82, 2.24) is 0 Å². The Balaban J connectivity index is 1.67. The number of ether oxygens (including phenoxy) is 1. The lowest BCUT2D eigenvalue weighted by Crippen LogP contribution is -2.05. The zero-order chi connectivity index (χ0) is 19.2. The highest BCUT2D eigenvalue weighted by Gasteiger charge is 2.07. The molecule has 3 aromatic rings. The van der Waals surface area contributed by atoms with E-state index in [4.69, 9.17) is 21.4 Å². The van der Waals surface area contributed by atoms with E-state index in [0.29, 0.717) is 18.2 Å². The molecule has 3 aromatic carbocycles. The van der Waals surface area contributed by atoms with Crippen LogP contribution in [0.15, 0.2) is 66.7 Å². The lowest BCUT2D eigenvalue weighted by molar-refractivity contribution is 0.0697. The summed E-state index contributed by atoms with van der Waals surface area (Å²) in [5.74, 6) is -0.120. The van der Waals surface area contributed by atoms with Crippen LogP contribution in [0.25, 0.3) is 0 Å². The van der Waals surface area contributed by atoms with E-state index in [0.717, 1.165) is 28.1 Å². The fourth-order valence-corrected chi connectivity index (χ4v) is 2.84. The van der Waals surface area contributed by atoms with Crippen molar-refractivity contribution < 1.29 is 14.6 Å². The van der Waals surface area contributed by atoms with Gasteiger partial charge in [0.05, 0.1) is 5.56 Å². The van der Waals surface area contributed by atoms with Crippen LogP contribution in [0.1, 0.15) is 27.0 Å². The second-order valence-corrected chi connectivity index (χ2v) is 6.65. The molecule has 0 aliphatic rings. The molecule has 0 saturated heterocycles. The van der Waals surface area contributed by atoms with Gasteiger partial charge in [-0.25, -0.2) is 4.79 Å². The van der Waals surface area contributed by atoms with Gasteiger partial charge in [-0.2, -0.15) is 0 Å². The van der Waals surface area contributed by atoms with E-state index in [1.165, 1.54) is 0 Å². The number of rotatable bonds is 7. The highest BCUT2D eigenvalue weighted by molar-refractivity contribution is 6.30. The van der Waals surface area contributed by atoms with E-state index >= 15 is 0 Å². The first-order valence-corrected chi connectivity index (χ1v) is 8.93. The fraction of sp³-hybridized carbons (Fsp3) is 0.136. The van der Waals surface area contributed by atoms with Gasteiger partial charge in [0.15, 0.2) is 0 Å². The van der Waals surface area contributed by atoms with Crippen molar-refractivity contribution in [3.05, 3.63) is 94.0 Å². The van der Waals surface area contributed by atoms with Gasteiger partial charge in [-0.1, -0.05) is 41.9 Å². The van der Waals surface area contributed by atoms with Crippen molar-refractivity contribution in [3.63, 3.8) is 0 Å². The van der Waals surface area contributed by atoms with E-state index in [1.807, 2.05) is 55.5 Å². The molecule has 5 heteroatoms. The summed E-state index contributed by atoms with van der Waals surface area (Å²) >= 11 is 5.91. The van der Waals surface area contributed by atoms with Crippen molar-refractivity contribution >= 4 is 23.3 Å². The Morgan fingerprint density at radius 2 is 1.81 bits per heavy atom. The molecule has 0 bridgehead atoms. The zero-order valence-corrected chi connectivity index (χ0v) is 15.7. The zero-order valence-electron chi connectivity index (χ0n) is 14.9. The number of aromatic carboxylic acids is 1. The number of carboxylic acid groups (broad SMARTS) is 1. The SMILES string of the molecule is Cc1cc(C(=O)O)ccc1NCc1ccccc1OCc1ccc(Cl)cc1. The van der Waals surface area contributed by atoms with Crippen LogP contribution in [0.2, 0.25) is 5.02 Å². The van der Waals surface area contributed by atoms with Crippen molar-refractivity contribution in [2.75, 3.05) is 5.32 Å². The number of carboxylic acids is 1. The predicted molar refractivity (Wildman–Crippen MR) is 108 cm³/mol. The van der Waals surface area contributed by atoms with Crippen LogP contribution < -0.4 is 10.1 Å². The quantitative estimate of drug-likeness (QED) is 0.564. The van der Waals surface area contributed by atoms with Gasteiger partial charge in [0.25, 0.3) is 0 Å². The Kier molecular flexibility index (Phi) is 5.99. The summed E-state index contributed by atoms with van der Waals surface area (Å²) in [6.07, 6.45) is 0. The molecule has 2 N–H and O–H groups in total.